The smallest absolute Gasteiger partial charge is 0.349 e. The molecule has 5 rings (SSSR count). The first-order chi connectivity index (χ1) is 17.0. The van der Waals surface area contributed by atoms with Crippen molar-refractivity contribution in [3.8, 4) is 5.75 Å². The number of para-hydroxylation sites is 2. The maximum absolute atomic E-state index is 13.1. The van der Waals surface area contributed by atoms with E-state index in [1.54, 1.807) is 72.8 Å². The molecule has 2 N–H and O–H groups in total. The molecule has 0 aliphatic carbocycles. The van der Waals surface area contributed by atoms with Gasteiger partial charge in [-0.25, -0.2) is 4.79 Å². The van der Waals surface area contributed by atoms with E-state index in [9.17, 15) is 14.4 Å². The van der Waals surface area contributed by atoms with Gasteiger partial charge in [-0.3, -0.25) is 9.59 Å². The van der Waals surface area contributed by atoms with Crippen LogP contribution >= 0.6 is 0 Å². The van der Waals surface area contributed by atoms with Crippen LogP contribution in [0.3, 0.4) is 0 Å². The maximum atomic E-state index is 13.1. The fourth-order valence-electron chi connectivity index (χ4n) is 3.72. The van der Waals surface area contributed by atoms with Gasteiger partial charge in [0.2, 0.25) is 5.76 Å². The zero-order valence-electron chi connectivity index (χ0n) is 18.7. The van der Waals surface area contributed by atoms with E-state index in [0.717, 1.165) is 0 Å². The van der Waals surface area contributed by atoms with Crippen LogP contribution in [0.2, 0.25) is 0 Å². The Morgan fingerprint density at radius 3 is 2.31 bits per heavy atom. The predicted octanol–water partition coefficient (Wildman–Crippen LogP) is 5.44. The lowest BCUT2D eigenvalue weighted by Crippen LogP contribution is -2.22. The number of anilines is 2. The number of hydrogen-bond acceptors (Lipinski definition) is 6. The van der Waals surface area contributed by atoms with Crippen molar-refractivity contribution in [1.29, 1.82) is 0 Å². The summed E-state index contributed by atoms with van der Waals surface area (Å²) in [4.78, 5) is 38.7. The summed E-state index contributed by atoms with van der Waals surface area (Å²) in [6, 6.07) is 22.1. The van der Waals surface area contributed by atoms with Crippen molar-refractivity contribution in [2.45, 2.75) is 6.92 Å². The monoisotopic (exact) mass is 468 g/mol. The van der Waals surface area contributed by atoms with Crippen molar-refractivity contribution in [3.05, 3.63) is 101 Å². The van der Waals surface area contributed by atoms with E-state index in [1.807, 2.05) is 6.92 Å². The van der Waals surface area contributed by atoms with E-state index in [0.29, 0.717) is 40.0 Å². The van der Waals surface area contributed by atoms with Crippen molar-refractivity contribution in [2.24, 2.45) is 0 Å². The molecule has 2 heterocycles. The molecule has 2 amide bonds. The van der Waals surface area contributed by atoms with E-state index in [4.69, 9.17) is 13.6 Å². The molecule has 0 fully saturated rings. The van der Waals surface area contributed by atoms with Crippen molar-refractivity contribution in [1.82, 2.24) is 0 Å². The lowest BCUT2D eigenvalue weighted by Gasteiger charge is -2.08. The predicted molar refractivity (Wildman–Crippen MR) is 132 cm³/mol. The highest BCUT2D eigenvalue weighted by molar-refractivity contribution is 6.17. The second-order valence-electron chi connectivity index (χ2n) is 7.65. The summed E-state index contributed by atoms with van der Waals surface area (Å²) < 4.78 is 16.5. The summed E-state index contributed by atoms with van der Waals surface area (Å²) in [6.07, 6.45) is 0. The van der Waals surface area contributed by atoms with E-state index in [1.165, 1.54) is 6.07 Å². The number of rotatable bonds is 6. The number of furan rings is 1. The summed E-state index contributed by atoms with van der Waals surface area (Å²) >= 11 is 0. The first-order valence-corrected chi connectivity index (χ1v) is 10.9. The van der Waals surface area contributed by atoms with Gasteiger partial charge in [0.05, 0.1) is 6.61 Å². The molecule has 8 heteroatoms. The van der Waals surface area contributed by atoms with Crippen molar-refractivity contribution in [2.75, 3.05) is 17.2 Å². The summed E-state index contributed by atoms with van der Waals surface area (Å²) in [6.45, 7) is 2.41. The zero-order valence-corrected chi connectivity index (χ0v) is 18.7. The number of carbonyl (C=O) groups excluding carboxylic acids is 2. The highest BCUT2D eigenvalue weighted by Gasteiger charge is 2.24. The van der Waals surface area contributed by atoms with Gasteiger partial charge in [0, 0.05) is 16.5 Å². The molecule has 8 nitrogen and oxygen atoms in total. The van der Waals surface area contributed by atoms with Crippen LogP contribution in [0.5, 0.6) is 5.75 Å². The van der Waals surface area contributed by atoms with Crippen LogP contribution in [0, 0.1) is 0 Å². The van der Waals surface area contributed by atoms with Crippen LogP contribution in [0.15, 0.2) is 92.5 Å². The second kappa shape index (κ2) is 9.18. The lowest BCUT2D eigenvalue weighted by molar-refractivity contribution is 0.0999. The molecule has 0 radical (unpaired) electrons. The zero-order chi connectivity index (χ0) is 24.4. The van der Waals surface area contributed by atoms with Gasteiger partial charge in [-0.05, 0) is 55.5 Å². The highest BCUT2D eigenvalue weighted by atomic mass is 16.5. The molecule has 3 aromatic carbocycles. The summed E-state index contributed by atoms with van der Waals surface area (Å²) in [5.74, 6) is -0.701. The van der Waals surface area contributed by atoms with Gasteiger partial charge in [-0.15, -0.1) is 0 Å². The van der Waals surface area contributed by atoms with Gasteiger partial charge >= 0.3 is 5.63 Å². The van der Waals surface area contributed by atoms with E-state index in [2.05, 4.69) is 10.6 Å². The van der Waals surface area contributed by atoms with Crippen LogP contribution < -0.4 is 21.0 Å². The van der Waals surface area contributed by atoms with E-state index >= 15 is 0 Å². The largest absolute Gasteiger partial charge is 0.494 e. The SMILES string of the molecule is CCOc1ccc(NC(=O)c2oc3ccccc3c2NC(=O)c2cc3ccccc3oc2=O)cc1. The molecular formula is C27H20N2O6. The lowest BCUT2D eigenvalue weighted by atomic mass is 10.1. The highest BCUT2D eigenvalue weighted by Crippen LogP contribution is 2.32. The first kappa shape index (κ1) is 22.0. The Balaban J connectivity index is 1.48. The van der Waals surface area contributed by atoms with Crippen LogP contribution in [-0.2, 0) is 0 Å². The van der Waals surface area contributed by atoms with Crippen LogP contribution in [0.25, 0.3) is 21.9 Å². The third kappa shape index (κ3) is 4.37. The molecule has 0 aliphatic rings. The minimum absolute atomic E-state index is 0.0985. The molecule has 0 atom stereocenters. The van der Waals surface area contributed by atoms with Crippen LogP contribution in [-0.4, -0.2) is 18.4 Å². The fourth-order valence-corrected chi connectivity index (χ4v) is 3.72. The van der Waals surface area contributed by atoms with Crippen LogP contribution in [0.1, 0.15) is 27.8 Å². The molecule has 0 spiro atoms. The first-order valence-electron chi connectivity index (χ1n) is 10.9. The quantitative estimate of drug-likeness (QED) is 0.321. The minimum Gasteiger partial charge on any atom is -0.494 e. The van der Waals surface area contributed by atoms with Crippen molar-refractivity contribution >= 4 is 45.1 Å². The average Bonchev–Trinajstić information content (AvgIpc) is 3.23. The van der Waals surface area contributed by atoms with Gasteiger partial charge in [0.25, 0.3) is 11.8 Å². The molecule has 174 valence electrons. The topological polar surface area (TPSA) is 111 Å². The Morgan fingerprint density at radius 1 is 0.829 bits per heavy atom. The number of amides is 2. The Bertz CT molecular complexity index is 1610. The van der Waals surface area contributed by atoms with Crippen molar-refractivity contribution < 1.29 is 23.2 Å². The summed E-state index contributed by atoms with van der Waals surface area (Å²) in [5, 5.41) is 6.55. The van der Waals surface area contributed by atoms with Crippen molar-refractivity contribution in [3.63, 3.8) is 0 Å². The Hall–Kier alpha value is -4.85. The third-order valence-electron chi connectivity index (χ3n) is 5.35. The molecule has 35 heavy (non-hydrogen) atoms. The molecule has 0 saturated heterocycles. The maximum Gasteiger partial charge on any atom is 0.349 e. The third-order valence-corrected chi connectivity index (χ3v) is 5.35. The number of carbonyl (C=O) groups is 2. The summed E-state index contributed by atoms with van der Waals surface area (Å²) in [5.41, 5.74) is 0.484. The van der Waals surface area contributed by atoms with Gasteiger partial charge < -0.3 is 24.2 Å². The number of ether oxygens (including phenoxy) is 1. The fraction of sp³-hybridized carbons (Fsp3) is 0.0741. The van der Waals surface area contributed by atoms with E-state index < -0.39 is 17.4 Å². The molecule has 2 aromatic heterocycles. The van der Waals surface area contributed by atoms with Gasteiger partial charge in [-0.2, -0.15) is 0 Å². The normalized spacial score (nSPS) is 10.9. The number of fused-ring (bicyclic) bond motifs is 2. The van der Waals surface area contributed by atoms with E-state index in [-0.39, 0.29) is 17.0 Å². The standard InChI is InChI=1S/C27H20N2O6/c1-2-33-18-13-11-17(12-14-18)28-26(31)24-23(19-8-4-6-10-22(19)34-24)29-25(30)20-15-16-7-3-5-9-21(16)35-27(20)32/h3-15H,2H2,1H3,(H,28,31)(H,29,30). The number of hydrogen-bond donors (Lipinski definition) is 2. The minimum atomic E-state index is -0.783. The molecule has 0 saturated carbocycles. The van der Waals surface area contributed by atoms with Gasteiger partial charge in [0.1, 0.15) is 28.2 Å². The van der Waals surface area contributed by atoms with Crippen LogP contribution in [0.4, 0.5) is 11.4 Å². The Morgan fingerprint density at radius 2 is 1.54 bits per heavy atom. The summed E-state index contributed by atoms with van der Waals surface area (Å²) in [7, 11) is 0. The molecule has 0 aliphatic heterocycles. The number of benzene rings is 3. The Labute approximate surface area is 199 Å². The van der Waals surface area contributed by atoms with Gasteiger partial charge in [0.15, 0.2) is 0 Å². The number of nitrogens with one attached hydrogen (secondary N) is 2. The molecule has 0 bridgehead atoms. The molecule has 5 aromatic rings. The average molecular weight is 468 g/mol. The van der Waals surface area contributed by atoms with Gasteiger partial charge in [-0.1, -0.05) is 30.3 Å². The second-order valence-corrected chi connectivity index (χ2v) is 7.65. The Kier molecular flexibility index (Phi) is 5.76. The molecular weight excluding hydrogens is 448 g/mol. The molecule has 0 unspecified atom stereocenters.